The van der Waals surface area contributed by atoms with Crippen molar-refractivity contribution in [2.45, 2.75) is 12.8 Å². The molecule has 2 nitrogen and oxygen atoms in total. The zero-order valence-electron chi connectivity index (χ0n) is 9.93. The van der Waals surface area contributed by atoms with Crippen molar-refractivity contribution in [1.82, 2.24) is 0 Å². The van der Waals surface area contributed by atoms with E-state index in [1.807, 2.05) is 12.3 Å². The minimum atomic E-state index is 0.911. The number of hydrogen-bond acceptors (Lipinski definition) is 2. The van der Waals surface area contributed by atoms with Crippen LogP contribution in [-0.4, -0.2) is 5.71 Å². The second-order valence-corrected chi connectivity index (χ2v) is 4.77. The lowest BCUT2D eigenvalue weighted by atomic mass is 9.95. The molecule has 0 N–H and O–H groups in total. The van der Waals surface area contributed by atoms with E-state index in [9.17, 15) is 0 Å². The highest BCUT2D eigenvalue weighted by Crippen LogP contribution is 2.26. The number of aliphatic imine (C=N–C) groups is 1. The molecule has 1 aliphatic carbocycles. The molecule has 1 aromatic carbocycles. The fourth-order valence-corrected chi connectivity index (χ4v) is 2.68. The number of allylic oxidation sites excluding steroid dienone is 5. The molecule has 0 unspecified atom stereocenters. The summed E-state index contributed by atoms with van der Waals surface area (Å²) in [5.41, 5.74) is 4.96. The van der Waals surface area contributed by atoms with Crippen LogP contribution in [0.15, 0.2) is 69.9 Å². The van der Waals surface area contributed by atoms with Gasteiger partial charge in [-0.25, -0.2) is 4.99 Å². The summed E-state index contributed by atoms with van der Waals surface area (Å²) in [4.78, 5) is 9.19. The highest BCUT2D eigenvalue weighted by atomic mass is 14.8. The van der Waals surface area contributed by atoms with E-state index in [0.29, 0.717) is 0 Å². The largest absolute Gasteiger partial charge is 0.265 e. The van der Waals surface area contributed by atoms with Gasteiger partial charge in [0, 0.05) is 30.0 Å². The van der Waals surface area contributed by atoms with Gasteiger partial charge in [0.05, 0.1) is 11.1 Å². The summed E-state index contributed by atoms with van der Waals surface area (Å²) in [5, 5.41) is 2.35. The molecule has 0 aromatic heterocycles. The summed E-state index contributed by atoms with van der Waals surface area (Å²) in [7, 11) is 0. The summed E-state index contributed by atoms with van der Waals surface area (Å²) < 4.78 is 0. The number of para-hydroxylation sites is 1. The van der Waals surface area contributed by atoms with Crippen molar-refractivity contribution >= 4 is 11.3 Å². The topological polar surface area (TPSA) is 24.7 Å². The first-order valence-corrected chi connectivity index (χ1v) is 6.20. The van der Waals surface area contributed by atoms with Crippen LogP contribution in [0, 0.1) is 0 Å². The number of benzene rings is 1. The highest BCUT2D eigenvalue weighted by Gasteiger charge is 2.18. The van der Waals surface area contributed by atoms with Gasteiger partial charge in [-0.1, -0.05) is 24.3 Å². The molecule has 2 heteroatoms. The smallest absolute Gasteiger partial charge is 0.0713 e. The summed E-state index contributed by atoms with van der Waals surface area (Å²) >= 11 is 0. The Labute approximate surface area is 105 Å². The molecule has 18 heavy (non-hydrogen) atoms. The van der Waals surface area contributed by atoms with Crippen LogP contribution >= 0.6 is 0 Å². The Morgan fingerprint density at radius 1 is 1.00 bits per heavy atom. The summed E-state index contributed by atoms with van der Waals surface area (Å²) in [6.07, 6.45) is 10.2. The predicted octanol–water partition coefficient (Wildman–Crippen LogP) is 2.04. The third kappa shape index (κ3) is 1.42. The summed E-state index contributed by atoms with van der Waals surface area (Å²) in [6, 6.07) is 8.35. The molecule has 0 spiro atoms. The number of rotatable bonds is 0. The van der Waals surface area contributed by atoms with Crippen molar-refractivity contribution in [3.63, 3.8) is 0 Å². The van der Waals surface area contributed by atoms with Crippen molar-refractivity contribution in [2.75, 3.05) is 0 Å². The van der Waals surface area contributed by atoms with Crippen LogP contribution in [0.5, 0.6) is 0 Å². The van der Waals surface area contributed by atoms with Gasteiger partial charge >= 0.3 is 0 Å². The van der Waals surface area contributed by atoms with Crippen LogP contribution in [0.3, 0.4) is 0 Å². The number of nitrogens with zero attached hydrogens (tertiary/aromatic N) is 2. The van der Waals surface area contributed by atoms with Crippen LogP contribution in [-0.2, 0) is 0 Å². The Kier molecular flexibility index (Phi) is 1.97. The maximum Gasteiger partial charge on any atom is 0.0713 e. The van der Waals surface area contributed by atoms with E-state index >= 15 is 0 Å². The van der Waals surface area contributed by atoms with E-state index in [2.05, 4.69) is 41.4 Å². The van der Waals surface area contributed by atoms with E-state index in [4.69, 9.17) is 4.99 Å². The Bertz CT molecular complexity index is 774. The first kappa shape index (κ1) is 9.77. The lowest BCUT2D eigenvalue weighted by molar-refractivity contribution is 1.19. The molecule has 0 radical (unpaired) electrons. The molecular formula is C16H12N2. The van der Waals surface area contributed by atoms with Gasteiger partial charge in [0.1, 0.15) is 0 Å². The van der Waals surface area contributed by atoms with E-state index in [1.54, 1.807) is 0 Å². The van der Waals surface area contributed by atoms with E-state index in [-0.39, 0.29) is 0 Å². The van der Waals surface area contributed by atoms with Crippen molar-refractivity contribution in [1.29, 1.82) is 0 Å². The third-order valence-corrected chi connectivity index (χ3v) is 3.57. The molecule has 1 aromatic rings. The second kappa shape index (κ2) is 3.64. The molecule has 0 fully saturated rings. The molecule has 86 valence electrons. The van der Waals surface area contributed by atoms with Gasteiger partial charge in [0.15, 0.2) is 0 Å². The van der Waals surface area contributed by atoms with Gasteiger partial charge in [-0.15, -0.1) is 0 Å². The van der Waals surface area contributed by atoms with E-state index in [0.717, 1.165) is 23.9 Å². The molecule has 2 bridgehead atoms. The first-order valence-electron chi connectivity index (χ1n) is 6.20. The third-order valence-electron chi connectivity index (χ3n) is 3.57. The predicted molar refractivity (Wildman–Crippen MR) is 72.6 cm³/mol. The van der Waals surface area contributed by atoms with Crippen LogP contribution in [0.1, 0.15) is 12.8 Å². The van der Waals surface area contributed by atoms with Gasteiger partial charge in [0.25, 0.3) is 0 Å². The van der Waals surface area contributed by atoms with Gasteiger partial charge < -0.3 is 0 Å². The SMILES string of the molecule is C1=C/C2=C\C=C3\N=c4ccccc4=C3CC(=N1)C2. The summed E-state index contributed by atoms with van der Waals surface area (Å²) in [5.74, 6) is 0. The molecule has 0 saturated carbocycles. The Hall–Kier alpha value is -2.22. The van der Waals surface area contributed by atoms with Gasteiger partial charge in [-0.2, -0.15) is 0 Å². The molecular weight excluding hydrogens is 220 g/mol. The van der Waals surface area contributed by atoms with Crippen molar-refractivity contribution in [2.24, 2.45) is 9.98 Å². The normalized spacial score (nSPS) is 25.6. The maximum absolute atomic E-state index is 4.70. The van der Waals surface area contributed by atoms with Gasteiger partial charge in [-0.05, 0) is 29.4 Å². The molecule has 0 amide bonds. The van der Waals surface area contributed by atoms with Crippen molar-refractivity contribution in [3.05, 3.63) is 70.5 Å². The van der Waals surface area contributed by atoms with Crippen LogP contribution in [0.25, 0.3) is 5.57 Å². The van der Waals surface area contributed by atoms with Crippen LogP contribution in [0.2, 0.25) is 0 Å². The molecule has 4 rings (SSSR count). The molecule has 0 saturated heterocycles. The standard InChI is InChI=1S/C16H12N2/c1-2-4-15-13(3-1)14-10-12-9-11(7-8-17-12)5-6-16(14)18-15/h1-8H,9-10H2/b11-5+,16-6+. The monoisotopic (exact) mass is 232 g/mol. The minimum Gasteiger partial charge on any atom is -0.265 e. The molecule has 0 atom stereocenters. The zero-order valence-corrected chi connectivity index (χ0v) is 9.93. The molecule has 2 aliphatic heterocycles. The van der Waals surface area contributed by atoms with Crippen molar-refractivity contribution < 1.29 is 0 Å². The van der Waals surface area contributed by atoms with Crippen molar-refractivity contribution in [3.8, 4) is 0 Å². The van der Waals surface area contributed by atoms with E-state index < -0.39 is 0 Å². The Balaban J connectivity index is 2.02. The number of hydrogen-bond donors (Lipinski definition) is 0. The Morgan fingerprint density at radius 3 is 2.94 bits per heavy atom. The lowest BCUT2D eigenvalue weighted by Gasteiger charge is -2.14. The highest BCUT2D eigenvalue weighted by molar-refractivity contribution is 5.97. The molecule has 3 aliphatic rings. The lowest BCUT2D eigenvalue weighted by Crippen LogP contribution is -2.23. The second-order valence-electron chi connectivity index (χ2n) is 4.77. The fourth-order valence-electron chi connectivity index (χ4n) is 2.68. The Morgan fingerprint density at radius 2 is 1.94 bits per heavy atom. The number of fused-ring (bicyclic) bond motifs is 4. The zero-order chi connectivity index (χ0) is 11.9. The average molecular weight is 232 g/mol. The van der Waals surface area contributed by atoms with Crippen LogP contribution < -0.4 is 10.6 Å². The van der Waals surface area contributed by atoms with Gasteiger partial charge in [0.2, 0.25) is 0 Å². The van der Waals surface area contributed by atoms with Gasteiger partial charge in [-0.3, -0.25) is 4.99 Å². The van der Waals surface area contributed by atoms with E-state index in [1.165, 1.54) is 22.1 Å². The summed E-state index contributed by atoms with van der Waals surface area (Å²) in [6.45, 7) is 0. The maximum atomic E-state index is 4.70. The minimum absolute atomic E-state index is 0.911. The van der Waals surface area contributed by atoms with Crippen LogP contribution in [0.4, 0.5) is 0 Å². The first-order chi connectivity index (χ1) is 8.90. The fraction of sp³-hybridized carbons (Fsp3) is 0.125. The quantitative estimate of drug-likeness (QED) is 0.654. The molecule has 2 heterocycles. The average Bonchev–Trinajstić information content (AvgIpc) is 2.74.